The highest BCUT2D eigenvalue weighted by molar-refractivity contribution is 5.86. The highest BCUT2D eigenvalue weighted by Crippen LogP contribution is 2.36. The van der Waals surface area contributed by atoms with Crippen LogP contribution in [0.2, 0.25) is 0 Å². The zero-order chi connectivity index (χ0) is 20.6. The Kier molecular flexibility index (Phi) is 5.07. The smallest absolute Gasteiger partial charge is 0.410 e. The lowest BCUT2D eigenvalue weighted by Gasteiger charge is -2.33. The summed E-state index contributed by atoms with van der Waals surface area (Å²) in [5, 5.41) is 1.22. The fourth-order valence-electron chi connectivity index (χ4n) is 4.05. The summed E-state index contributed by atoms with van der Waals surface area (Å²) in [4.78, 5) is 14.2. The molecule has 0 unspecified atom stereocenters. The van der Waals surface area contributed by atoms with E-state index < -0.39 is 5.60 Å². The monoisotopic (exact) mass is 394 g/mol. The number of hydrogen-bond donors (Lipinski definition) is 0. The normalized spacial score (nSPS) is 15.7. The van der Waals surface area contributed by atoms with Gasteiger partial charge in [0.05, 0.1) is 5.52 Å². The molecule has 2 aromatic carbocycles. The molecule has 0 saturated carbocycles. The molecule has 0 radical (unpaired) electrons. The lowest BCUT2D eigenvalue weighted by molar-refractivity contribution is 0.0205. The third kappa shape index (κ3) is 4.14. The minimum atomic E-state index is -0.476. The summed E-state index contributed by atoms with van der Waals surface area (Å²) in [5.74, 6) is 0.139. The number of rotatable bonds is 2. The molecular formula is C24H27FN2O2. The van der Waals surface area contributed by atoms with Crippen molar-refractivity contribution in [3.05, 3.63) is 66.1 Å². The molecule has 2 heterocycles. The molecule has 5 heteroatoms. The van der Waals surface area contributed by atoms with E-state index in [1.54, 1.807) is 17.0 Å². The van der Waals surface area contributed by atoms with E-state index in [2.05, 4.69) is 29.0 Å². The second-order valence-corrected chi connectivity index (χ2v) is 8.69. The predicted molar refractivity (Wildman–Crippen MR) is 113 cm³/mol. The summed E-state index contributed by atoms with van der Waals surface area (Å²) in [7, 11) is 0. The van der Waals surface area contributed by atoms with Crippen LogP contribution in [-0.2, 0) is 4.74 Å². The SMILES string of the molecule is CC(C)(C)OC(=O)N1CCC(c2cn(-c3ccc(F)cc3)c3ccccc23)CC1. The minimum absolute atomic E-state index is 0.232. The summed E-state index contributed by atoms with van der Waals surface area (Å²) in [6.45, 7) is 7.05. The molecule has 1 saturated heterocycles. The van der Waals surface area contributed by atoms with E-state index in [0.717, 1.165) is 24.0 Å². The predicted octanol–water partition coefficient (Wildman–Crippen LogP) is 5.88. The van der Waals surface area contributed by atoms with Gasteiger partial charge in [0, 0.05) is 30.4 Å². The van der Waals surface area contributed by atoms with Crippen molar-refractivity contribution in [1.29, 1.82) is 0 Å². The lowest BCUT2D eigenvalue weighted by atomic mass is 9.89. The molecule has 1 amide bonds. The molecule has 4 rings (SSSR count). The van der Waals surface area contributed by atoms with E-state index in [1.165, 1.54) is 23.1 Å². The first-order valence-electron chi connectivity index (χ1n) is 10.2. The maximum Gasteiger partial charge on any atom is 0.410 e. The Bertz CT molecular complexity index is 1010. The number of likely N-dealkylation sites (tertiary alicyclic amines) is 1. The fraction of sp³-hybridized carbons (Fsp3) is 0.375. The summed E-state index contributed by atoms with van der Waals surface area (Å²) in [6.07, 6.45) is 3.74. The third-order valence-corrected chi connectivity index (χ3v) is 5.43. The number of amides is 1. The van der Waals surface area contributed by atoms with Gasteiger partial charge in [-0.1, -0.05) is 18.2 Å². The quantitative estimate of drug-likeness (QED) is 0.544. The first-order valence-corrected chi connectivity index (χ1v) is 10.2. The number of aromatic nitrogens is 1. The van der Waals surface area contributed by atoms with Gasteiger partial charge in [-0.2, -0.15) is 0 Å². The van der Waals surface area contributed by atoms with Gasteiger partial charge >= 0.3 is 6.09 Å². The van der Waals surface area contributed by atoms with Crippen LogP contribution in [0.4, 0.5) is 9.18 Å². The summed E-state index contributed by atoms with van der Waals surface area (Å²) in [5.41, 5.74) is 2.87. The molecule has 152 valence electrons. The number of nitrogens with zero attached hydrogens (tertiary/aromatic N) is 2. The summed E-state index contributed by atoms with van der Waals surface area (Å²) in [6, 6.07) is 14.9. The van der Waals surface area contributed by atoms with Crippen LogP contribution in [0.1, 0.15) is 45.1 Å². The number of fused-ring (bicyclic) bond motifs is 1. The van der Waals surface area contributed by atoms with Crippen molar-refractivity contribution in [1.82, 2.24) is 9.47 Å². The van der Waals surface area contributed by atoms with Crippen LogP contribution in [0.15, 0.2) is 54.7 Å². The number of benzene rings is 2. The molecule has 1 fully saturated rings. The maximum atomic E-state index is 13.4. The van der Waals surface area contributed by atoms with Gasteiger partial charge in [0.2, 0.25) is 0 Å². The standard InChI is InChI=1S/C24H27FN2O2/c1-24(2,3)29-23(28)26-14-12-17(13-15-26)21-16-27(19-10-8-18(25)9-11-19)22-7-5-4-6-20(21)22/h4-11,16-17H,12-15H2,1-3H3. The van der Waals surface area contributed by atoms with Crippen molar-refractivity contribution in [3.63, 3.8) is 0 Å². The van der Waals surface area contributed by atoms with E-state index in [1.807, 2.05) is 26.8 Å². The van der Waals surface area contributed by atoms with Crippen molar-refractivity contribution in [3.8, 4) is 5.69 Å². The van der Waals surface area contributed by atoms with Crippen LogP contribution in [0.25, 0.3) is 16.6 Å². The molecule has 0 bridgehead atoms. The molecule has 1 aromatic heterocycles. The van der Waals surface area contributed by atoms with Crippen LogP contribution in [-0.4, -0.2) is 34.3 Å². The number of halogens is 1. The minimum Gasteiger partial charge on any atom is -0.444 e. The topological polar surface area (TPSA) is 34.5 Å². The maximum absolute atomic E-state index is 13.4. The van der Waals surface area contributed by atoms with E-state index in [-0.39, 0.29) is 11.9 Å². The molecule has 0 aliphatic carbocycles. The van der Waals surface area contributed by atoms with Crippen LogP contribution >= 0.6 is 0 Å². The van der Waals surface area contributed by atoms with E-state index >= 15 is 0 Å². The van der Waals surface area contributed by atoms with Crippen LogP contribution < -0.4 is 0 Å². The van der Waals surface area contributed by atoms with Gasteiger partial charge in [0.25, 0.3) is 0 Å². The second-order valence-electron chi connectivity index (χ2n) is 8.69. The third-order valence-electron chi connectivity index (χ3n) is 5.43. The molecule has 4 nitrogen and oxygen atoms in total. The highest BCUT2D eigenvalue weighted by Gasteiger charge is 2.29. The number of ether oxygens (including phenoxy) is 1. The van der Waals surface area contributed by atoms with Gasteiger partial charge in [-0.15, -0.1) is 0 Å². The number of hydrogen-bond acceptors (Lipinski definition) is 2. The molecule has 0 atom stereocenters. The second kappa shape index (κ2) is 7.54. The molecule has 29 heavy (non-hydrogen) atoms. The average Bonchev–Trinajstić information content (AvgIpc) is 3.07. The Hall–Kier alpha value is -2.82. The number of carbonyl (C=O) groups is 1. The van der Waals surface area contributed by atoms with Crippen LogP contribution in [0.3, 0.4) is 0 Å². The van der Waals surface area contributed by atoms with Gasteiger partial charge in [-0.25, -0.2) is 9.18 Å². The average molecular weight is 394 g/mol. The van der Waals surface area contributed by atoms with Gasteiger partial charge < -0.3 is 14.2 Å². The van der Waals surface area contributed by atoms with Gasteiger partial charge in [0.1, 0.15) is 11.4 Å². The zero-order valence-corrected chi connectivity index (χ0v) is 17.2. The van der Waals surface area contributed by atoms with Crippen LogP contribution in [0.5, 0.6) is 0 Å². The fourth-order valence-corrected chi connectivity index (χ4v) is 4.05. The van der Waals surface area contributed by atoms with Crippen molar-refractivity contribution < 1.29 is 13.9 Å². The zero-order valence-electron chi connectivity index (χ0n) is 17.2. The van der Waals surface area contributed by atoms with E-state index in [9.17, 15) is 9.18 Å². The van der Waals surface area contributed by atoms with Gasteiger partial charge in [-0.3, -0.25) is 0 Å². The number of para-hydroxylation sites is 1. The van der Waals surface area contributed by atoms with E-state index in [4.69, 9.17) is 4.74 Å². The summed E-state index contributed by atoms with van der Waals surface area (Å²) >= 11 is 0. The Balaban J connectivity index is 1.58. The van der Waals surface area contributed by atoms with E-state index in [0.29, 0.717) is 19.0 Å². The molecule has 1 aliphatic rings. The van der Waals surface area contributed by atoms with Crippen molar-refractivity contribution in [2.75, 3.05) is 13.1 Å². The van der Waals surface area contributed by atoms with Gasteiger partial charge in [-0.05, 0) is 75.4 Å². The van der Waals surface area contributed by atoms with Gasteiger partial charge in [0.15, 0.2) is 0 Å². The summed E-state index contributed by atoms with van der Waals surface area (Å²) < 4.78 is 21.0. The molecule has 0 spiro atoms. The van der Waals surface area contributed by atoms with Crippen molar-refractivity contribution >= 4 is 17.0 Å². The Morgan fingerprint density at radius 2 is 1.69 bits per heavy atom. The van der Waals surface area contributed by atoms with Crippen molar-refractivity contribution in [2.45, 2.75) is 45.1 Å². The van der Waals surface area contributed by atoms with Crippen molar-refractivity contribution in [2.24, 2.45) is 0 Å². The molecule has 1 aliphatic heterocycles. The largest absolute Gasteiger partial charge is 0.444 e. The van der Waals surface area contributed by atoms with Crippen LogP contribution in [0, 0.1) is 5.82 Å². The first-order chi connectivity index (χ1) is 13.8. The molecule has 3 aromatic rings. The number of carbonyl (C=O) groups excluding carboxylic acids is 1. The Labute approximate surface area is 170 Å². The Morgan fingerprint density at radius 3 is 2.34 bits per heavy atom. The first kappa shape index (κ1) is 19.5. The molecule has 0 N–H and O–H groups in total. The number of piperidine rings is 1. The lowest BCUT2D eigenvalue weighted by Crippen LogP contribution is -2.41. The highest BCUT2D eigenvalue weighted by atomic mass is 19.1. The Morgan fingerprint density at radius 1 is 1.03 bits per heavy atom. The molecular weight excluding hydrogens is 367 g/mol.